The predicted octanol–water partition coefficient (Wildman–Crippen LogP) is 3.58. The molecular weight excluding hydrogens is 338 g/mol. The first kappa shape index (κ1) is 18.8. The van der Waals surface area contributed by atoms with E-state index in [9.17, 15) is 9.90 Å². The first-order valence-corrected chi connectivity index (χ1v) is 8.55. The number of nitrogens with one attached hydrogen (secondary N) is 1. The molecule has 132 valence electrons. The molecule has 0 atom stereocenters. The molecule has 6 heteroatoms. The zero-order valence-corrected chi connectivity index (χ0v) is 15.1. The van der Waals surface area contributed by atoms with Crippen LogP contribution < -0.4 is 10.3 Å². The van der Waals surface area contributed by atoms with Crippen LogP contribution in [0.4, 0.5) is 5.69 Å². The van der Waals surface area contributed by atoms with Crippen molar-refractivity contribution in [1.29, 1.82) is 0 Å². The maximum atomic E-state index is 11.9. The number of amides is 1. The Morgan fingerprint density at radius 3 is 2.48 bits per heavy atom. The lowest BCUT2D eigenvalue weighted by molar-refractivity contribution is -0.120. The maximum Gasteiger partial charge on any atom is 0.244 e. The van der Waals surface area contributed by atoms with Gasteiger partial charge in [-0.3, -0.25) is 4.79 Å². The molecule has 0 fully saturated rings. The predicted molar refractivity (Wildman–Crippen MR) is 103 cm³/mol. The molecule has 0 aliphatic carbocycles. The fourth-order valence-corrected chi connectivity index (χ4v) is 2.55. The number of anilines is 1. The Morgan fingerprint density at radius 1 is 1.20 bits per heavy atom. The fourth-order valence-electron chi connectivity index (χ4n) is 2.43. The average Bonchev–Trinajstić information content (AvgIpc) is 2.60. The molecule has 25 heavy (non-hydrogen) atoms. The van der Waals surface area contributed by atoms with Crippen LogP contribution in [0.3, 0.4) is 0 Å². The Hall–Kier alpha value is -2.53. The second-order valence-corrected chi connectivity index (χ2v) is 5.95. The molecule has 0 aliphatic heterocycles. The Kier molecular flexibility index (Phi) is 6.83. The molecule has 0 unspecified atom stereocenters. The molecule has 0 saturated heterocycles. The van der Waals surface area contributed by atoms with Crippen molar-refractivity contribution in [3.8, 4) is 5.75 Å². The number of hydrogen-bond donors (Lipinski definition) is 2. The molecule has 5 nitrogen and oxygen atoms in total. The summed E-state index contributed by atoms with van der Waals surface area (Å²) in [6.07, 6.45) is 1.64. The smallest absolute Gasteiger partial charge is 0.244 e. The lowest BCUT2D eigenvalue weighted by Crippen LogP contribution is -2.21. The normalized spacial score (nSPS) is 10.8. The van der Waals surface area contributed by atoms with E-state index in [1.807, 2.05) is 6.07 Å². The van der Waals surface area contributed by atoms with E-state index in [1.54, 1.807) is 36.4 Å². The summed E-state index contributed by atoms with van der Waals surface area (Å²) < 4.78 is 0. The third-order valence-electron chi connectivity index (χ3n) is 3.81. The third kappa shape index (κ3) is 5.50. The lowest BCUT2D eigenvalue weighted by atomic mass is 10.1. The van der Waals surface area contributed by atoms with Crippen molar-refractivity contribution in [2.24, 2.45) is 5.10 Å². The van der Waals surface area contributed by atoms with E-state index in [-0.39, 0.29) is 18.1 Å². The Balaban J connectivity index is 1.95. The molecule has 0 radical (unpaired) electrons. The van der Waals surface area contributed by atoms with Gasteiger partial charge in [0, 0.05) is 35.4 Å². The molecule has 1 amide bonds. The van der Waals surface area contributed by atoms with Crippen LogP contribution in [0, 0.1) is 0 Å². The SMILES string of the molecule is CCN(CC)c1ccc(/C=N/NC(=O)Cc2ccc(Cl)cc2)c(O)c1. The highest BCUT2D eigenvalue weighted by molar-refractivity contribution is 6.30. The minimum Gasteiger partial charge on any atom is -0.507 e. The van der Waals surface area contributed by atoms with E-state index in [2.05, 4.69) is 29.3 Å². The summed E-state index contributed by atoms with van der Waals surface area (Å²) >= 11 is 5.81. The average molecular weight is 360 g/mol. The quantitative estimate of drug-likeness (QED) is 0.586. The summed E-state index contributed by atoms with van der Waals surface area (Å²) in [6, 6.07) is 12.5. The Labute approximate surface area is 152 Å². The largest absolute Gasteiger partial charge is 0.507 e. The van der Waals surface area contributed by atoms with Crippen molar-refractivity contribution >= 4 is 29.4 Å². The number of hydrogen-bond acceptors (Lipinski definition) is 4. The molecule has 0 aliphatic rings. The van der Waals surface area contributed by atoms with Gasteiger partial charge in [0.05, 0.1) is 12.6 Å². The zero-order valence-electron chi connectivity index (χ0n) is 14.4. The van der Waals surface area contributed by atoms with Crippen molar-refractivity contribution in [1.82, 2.24) is 5.43 Å². The molecule has 0 saturated carbocycles. The number of phenols is 1. The van der Waals surface area contributed by atoms with Crippen LogP contribution in [-0.4, -0.2) is 30.3 Å². The number of aromatic hydroxyl groups is 1. The fraction of sp³-hybridized carbons (Fsp3) is 0.263. The lowest BCUT2D eigenvalue weighted by Gasteiger charge is -2.21. The molecule has 0 bridgehead atoms. The molecule has 0 spiro atoms. The van der Waals surface area contributed by atoms with Gasteiger partial charge in [-0.2, -0.15) is 5.10 Å². The standard InChI is InChI=1S/C19H22ClN3O2/c1-3-23(4-2)17-10-7-15(18(24)12-17)13-21-22-19(25)11-14-5-8-16(20)9-6-14/h5-10,12-13,24H,3-4,11H2,1-2H3,(H,22,25)/b21-13+. The summed E-state index contributed by atoms with van der Waals surface area (Å²) in [5.41, 5.74) is 4.80. The van der Waals surface area contributed by atoms with Gasteiger partial charge in [-0.05, 0) is 43.7 Å². The topological polar surface area (TPSA) is 64.9 Å². The van der Waals surface area contributed by atoms with Gasteiger partial charge in [-0.1, -0.05) is 23.7 Å². The summed E-state index contributed by atoms with van der Waals surface area (Å²) in [7, 11) is 0. The summed E-state index contributed by atoms with van der Waals surface area (Å²) in [6.45, 7) is 5.85. The van der Waals surface area contributed by atoms with E-state index in [0.29, 0.717) is 10.6 Å². The van der Waals surface area contributed by atoms with Crippen LogP contribution in [0.15, 0.2) is 47.6 Å². The van der Waals surface area contributed by atoms with E-state index < -0.39 is 0 Å². The number of carbonyl (C=O) groups is 1. The van der Waals surface area contributed by atoms with Gasteiger partial charge in [0.25, 0.3) is 0 Å². The van der Waals surface area contributed by atoms with Gasteiger partial charge in [0.1, 0.15) is 5.75 Å². The third-order valence-corrected chi connectivity index (χ3v) is 4.07. The number of rotatable bonds is 7. The number of hydrazone groups is 1. The Bertz CT molecular complexity index is 741. The number of halogens is 1. The molecule has 0 heterocycles. The van der Waals surface area contributed by atoms with Gasteiger partial charge in [0.15, 0.2) is 0 Å². The summed E-state index contributed by atoms with van der Waals surface area (Å²) in [4.78, 5) is 14.0. The highest BCUT2D eigenvalue weighted by Crippen LogP contribution is 2.23. The molecule has 2 aromatic rings. The van der Waals surface area contributed by atoms with Crippen molar-refractivity contribution < 1.29 is 9.90 Å². The van der Waals surface area contributed by atoms with Gasteiger partial charge in [0.2, 0.25) is 5.91 Å². The van der Waals surface area contributed by atoms with Gasteiger partial charge in [-0.25, -0.2) is 5.43 Å². The zero-order chi connectivity index (χ0) is 18.2. The van der Waals surface area contributed by atoms with E-state index in [0.717, 1.165) is 24.3 Å². The monoisotopic (exact) mass is 359 g/mol. The Morgan fingerprint density at radius 2 is 1.88 bits per heavy atom. The second-order valence-electron chi connectivity index (χ2n) is 5.51. The van der Waals surface area contributed by atoms with Crippen LogP contribution in [-0.2, 0) is 11.2 Å². The molecule has 2 aromatic carbocycles. The van der Waals surface area contributed by atoms with Crippen LogP contribution >= 0.6 is 11.6 Å². The first-order chi connectivity index (χ1) is 12.0. The van der Waals surface area contributed by atoms with E-state index in [4.69, 9.17) is 11.6 Å². The number of carbonyl (C=O) groups excluding carboxylic acids is 1. The van der Waals surface area contributed by atoms with E-state index >= 15 is 0 Å². The van der Waals surface area contributed by atoms with Crippen LogP contribution in [0.5, 0.6) is 5.75 Å². The summed E-state index contributed by atoms with van der Waals surface area (Å²) in [5, 5.41) is 14.7. The van der Waals surface area contributed by atoms with Gasteiger partial charge < -0.3 is 10.0 Å². The van der Waals surface area contributed by atoms with Crippen molar-refractivity contribution in [2.45, 2.75) is 20.3 Å². The van der Waals surface area contributed by atoms with E-state index in [1.165, 1.54) is 6.21 Å². The van der Waals surface area contributed by atoms with Crippen LogP contribution in [0.25, 0.3) is 0 Å². The molecular formula is C19H22ClN3O2. The van der Waals surface area contributed by atoms with Crippen LogP contribution in [0.1, 0.15) is 25.0 Å². The van der Waals surface area contributed by atoms with Crippen molar-refractivity contribution in [2.75, 3.05) is 18.0 Å². The highest BCUT2D eigenvalue weighted by atomic mass is 35.5. The highest BCUT2D eigenvalue weighted by Gasteiger charge is 2.06. The second kappa shape index (κ2) is 9.08. The molecule has 2 rings (SSSR count). The minimum absolute atomic E-state index is 0.125. The number of phenolic OH excluding ortho intramolecular Hbond substituents is 1. The number of nitrogens with zero attached hydrogens (tertiary/aromatic N) is 2. The van der Waals surface area contributed by atoms with Gasteiger partial charge >= 0.3 is 0 Å². The van der Waals surface area contributed by atoms with Crippen molar-refractivity contribution in [3.63, 3.8) is 0 Å². The minimum atomic E-state index is -0.238. The van der Waals surface area contributed by atoms with Crippen LogP contribution in [0.2, 0.25) is 5.02 Å². The maximum absolute atomic E-state index is 11.9. The van der Waals surface area contributed by atoms with Gasteiger partial charge in [-0.15, -0.1) is 0 Å². The molecule has 2 N–H and O–H groups in total. The van der Waals surface area contributed by atoms with Crippen molar-refractivity contribution in [3.05, 3.63) is 58.6 Å². The summed E-state index contributed by atoms with van der Waals surface area (Å²) in [5.74, 6) is -0.113. The number of benzene rings is 2. The first-order valence-electron chi connectivity index (χ1n) is 8.17. The molecule has 0 aromatic heterocycles.